The Labute approximate surface area is 96.8 Å². The molecule has 1 aromatic heterocycles. The van der Waals surface area contributed by atoms with E-state index in [0.29, 0.717) is 6.04 Å². The maximum atomic E-state index is 3.96. The van der Waals surface area contributed by atoms with Crippen LogP contribution in [0.15, 0.2) is 12.4 Å². The Bertz CT molecular complexity index is 285. The van der Waals surface area contributed by atoms with Gasteiger partial charge in [0.15, 0.2) is 0 Å². The molecule has 1 aliphatic heterocycles. The van der Waals surface area contributed by atoms with Gasteiger partial charge in [-0.1, -0.05) is 12.1 Å². The summed E-state index contributed by atoms with van der Waals surface area (Å²) in [6, 6.07) is 0.705. The van der Waals surface area contributed by atoms with E-state index in [-0.39, 0.29) is 0 Å². The van der Waals surface area contributed by atoms with Crippen LogP contribution in [-0.4, -0.2) is 52.1 Å². The van der Waals surface area contributed by atoms with Crippen LogP contribution < -0.4 is 5.32 Å². The van der Waals surface area contributed by atoms with Gasteiger partial charge in [0, 0.05) is 25.3 Å². The standard InChI is InChI=1S/C11H21N5/c1-2-12-11-4-8-15(10-11)6-3-7-16-9-5-13-14-16/h5,9,11-12H,2-4,6-8,10H2,1H3. The van der Waals surface area contributed by atoms with Crippen LogP contribution in [0.5, 0.6) is 0 Å². The SMILES string of the molecule is CCNC1CCN(CCCn2ccnn2)C1. The van der Waals surface area contributed by atoms with Gasteiger partial charge in [0.1, 0.15) is 0 Å². The van der Waals surface area contributed by atoms with Gasteiger partial charge in [-0.05, 0) is 32.5 Å². The van der Waals surface area contributed by atoms with Gasteiger partial charge in [-0.25, -0.2) is 0 Å². The Balaban J connectivity index is 1.60. The van der Waals surface area contributed by atoms with Crippen molar-refractivity contribution in [3.8, 4) is 0 Å². The summed E-state index contributed by atoms with van der Waals surface area (Å²) < 4.78 is 1.90. The molecular weight excluding hydrogens is 202 g/mol. The minimum Gasteiger partial charge on any atom is -0.313 e. The van der Waals surface area contributed by atoms with E-state index < -0.39 is 0 Å². The Kier molecular flexibility index (Phi) is 4.30. The van der Waals surface area contributed by atoms with Crippen molar-refractivity contribution in [2.75, 3.05) is 26.2 Å². The second-order valence-electron chi connectivity index (χ2n) is 4.36. The molecule has 0 radical (unpaired) electrons. The zero-order chi connectivity index (χ0) is 11.2. The number of aryl methyl sites for hydroxylation is 1. The van der Waals surface area contributed by atoms with Crippen molar-refractivity contribution in [2.45, 2.75) is 32.4 Å². The molecule has 0 amide bonds. The maximum absolute atomic E-state index is 3.96. The molecule has 0 bridgehead atoms. The highest BCUT2D eigenvalue weighted by atomic mass is 15.4. The van der Waals surface area contributed by atoms with Crippen molar-refractivity contribution in [3.05, 3.63) is 12.4 Å². The monoisotopic (exact) mass is 223 g/mol. The summed E-state index contributed by atoms with van der Waals surface area (Å²) in [5.74, 6) is 0. The molecule has 16 heavy (non-hydrogen) atoms. The molecule has 0 aromatic carbocycles. The number of nitrogens with one attached hydrogen (secondary N) is 1. The number of likely N-dealkylation sites (tertiary alicyclic amines) is 1. The van der Waals surface area contributed by atoms with E-state index in [1.165, 1.54) is 26.1 Å². The van der Waals surface area contributed by atoms with E-state index >= 15 is 0 Å². The fourth-order valence-electron chi connectivity index (χ4n) is 2.30. The topological polar surface area (TPSA) is 46.0 Å². The number of hydrogen-bond donors (Lipinski definition) is 1. The van der Waals surface area contributed by atoms with Gasteiger partial charge in [0.25, 0.3) is 0 Å². The van der Waals surface area contributed by atoms with E-state index in [0.717, 1.165) is 19.5 Å². The zero-order valence-electron chi connectivity index (χ0n) is 9.97. The summed E-state index contributed by atoms with van der Waals surface area (Å²) in [5.41, 5.74) is 0. The minimum atomic E-state index is 0.705. The molecule has 90 valence electrons. The second-order valence-corrected chi connectivity index (χ2v) is 4.36. The first kappa shape index (κ1) is 11.5. The van der Waals surface area contributed by atoms with Gasteiger partial charge in [-0.3, -0.25) is 4.68 Å². The lowest BCUT2D eigenvalue weighted by Gasteiger charge is -2.15. The van der Waals surface area contributed by atoms with Crippen LogP contribution in [0.3, 0.4) is 0 Å². The third-order valence-electron chi connectivity index (χ3n) is 3.10. The Morgan fingerprint density at radius 1 is 1.44 bits per heavy atom. The van der Waals surface area contributed by atoms with Gasteiger partial charge in [-0.2, -0.15) is 0 Å². The Hall–Kier alpha value is -0.940. The molecule has 1 aliphatic rings. The Morgan fingerprint density at radius 3 is 3.12 bits per heavy atom. The molecule has 0 saturated carbocycles. The van der Waals surface area contributed by atoms with Crippen molar-refractivity contribution in [1.82, 2.24) is 25.2 Å². The summed E-state index contributed by atoms with van der Waals surface area (Å²) >= 11 is 0. The van der Waals surface area contributed by atoms with Crippen LogP contribution in [0.1, 0.15) is 19.8 Å². The van der Waals surface area contributed by atoms with Crippen LogP contribution in [-0.2, 0) is 6.54 Å². The molecule has 1 aromatic rings. The lowest BCUT2D eigenvalue weighted by molar-refractivity contribution is 0.312. The predicted molar refractivity (Wildman–Crippen MR) is 63.2 cm³/mol. The van der Waals surface area contributed by atoms with E-state index in [1.807, 2.05) is 10.9 Å². The first-order valence-corrected chi connectivity index (χ1v) is 6.18. The summed E-state index contributed by atoms with van der Waals surface area (Å²) in [6.07, 6.45) is 6.10. The van der Waals surface area contributed by atoms with E-state index in [1.54, 1.807) is 6.20 Å². The summed E-state index contributed by atoms with van der Waals surface area (Å²) in [7, 11) is 0. The maximum Gasteiger partial charge on any atom is 0.0692 e. The molecule has 1 unspecified atom stereocenters. The number of hydrogen-bond acceptors (Lipinski definition) is 4. The molecule has 1 saturated heterocycles. The van der Waals surface area contributed by atoms with Crippen molar-refractivity contribution in [3.63, 3.8) is 0 Å². The van der Waals surface area contributed by atoms with Crippen molar-refractivity contribution in [2.24, 2.45) is 0 Å². The van der Waals surface area contributed by atoms with Crippen LogP contribution >= 0.6 is 0 Å². The minimum absolute atomic E-state index is 0.705. The molecule has 1 fully saturated rings. The summed E-state index contributed by atoms with van der Waals surface area (Å²) in [4.78, 5) is 2.53. The lowest BCUT2D eigenvalue weighted by atomic mass is 10.3. The predicted octanol–water partition coefficient (Wildman–Crippen LogP) is 0.352. The molecule has 0 spiro atoms. The van der Waals surface area contributed by atoms with Crippen LogP contribution in [0.2, 0.25) is 0 Å². The molecule has 2 heterocycles. The fraction of sp³-hybridized carbons (Fsp3) is 0.818. The zero-order valence-corrected chi connectivity index (χ0v) is 9.97. The second kappa shape index (κ2) is 5.96. The first-order valence-electron chi connectivity index (χ1n) is 6.18. The van der Waals surface area contributed by atoms with Gasteiger partial charge < -0.3 is 10.2 Å². The Morgan fingerprint density at radius 2 is 2.38 bits per heavy atom. The smallest absolute Gasteiger partial charge is 0.0692 e. The molecule has 0 aliphatic carbocycles. The van der Waals surface area contributed by atoms with E-state index in [2.05, 4.69) is 27.5 Å². The van der Waals surface area contributed by atoms with Crippen molar-refractivity contribution in [1.29, 1.82) is 0 Å². The average Bonchev–Trinajstić information content (AvgIpc) is 2.90. The molecule has 1 N–H and O–H groups in total. The number of aromatic nitrogens is 3. The third kappa shape index (κ3) is 3.28. The summed E-state index contributed by atoms with van der Waals surface area (Å²) in [6.45, 7) is 7.83. The molecular formula is C11H21N5. The quantitative estimate of drug-likeness (QED) is 0.756. The normalized spacial score (nSPS) is 21.7. The third-order valence-corrected chi connectivity index (χ3v) is 3.10. The van der Waals surface area contributed by atoms with Gasteiger partial charge in [0.05, 0.1) is 6.20 Å². The highest BCUT2D eigenvalue weighted by molar-refractivity contribution is 4.80. The molecule has 1 atom stereocenters. The van der Waals surface area contributed by atoms with Crippen LogP contribution in [0.4, 0.5) is 0 Å². The fourth-order valence-corrected chi connectivity index (χ4v) is 2.30. The lowest BCUT2D eigenvalue weighted by Crippen LogP contribution is -2.32. The van der Waals surface area contributed by atoms with E-state index in [4.69, 9.17) is 0 Å². The molecule has 2 rings (SSSR count). The van der Waals surface area contributed by atoms with Crippen LogP contribution in [0, 0.1) is 0 Å². The van der Waals surface area contributed by atoms with Crippen molar-refractivity contribution < 1.29 is 0 Å². The number of rotatable bonds is 6. The van der Waals surface area contributed by atoms with Crippen molar-refractivity contribution >= 4 is 0 Å². The molecule has 5 nitrogen and oxygen atoms in total. The van der Waals surface area contributed by atoms with E-state index in [9.17, 15) is 0 Å². The number of likely N-dealkylation sites (N-methyl/N-ethyl adjacent to an activating group) is 1. The average molecular weight is 223 g/mol. The largest absolute Gasteiger partial charge is 0.313 e. The van der Waals surface area contributed by atoms with Gasteiger partial charge in [0.2, 0.25) is 0 Å². The summed E-state index contributed by atoms with van der Waals surface area (Å²) in [5, 5.41) is 11.3. The highest BCUT2D eigenvalue weighted by Gasteiger charge is 2.20. The highest BCUT2D eigenvalue weighted by Crippen LogP contribution is 2.09. The van der Waals surface area contributed by atoms with Crippen LogP contribution in [0.25, 0.3) is 0 Å². The first-order chi connectivity index (χ1) is 7.88. The molecule has 5 heteroatoms. The van der Waals surface area contributed by atoms with Gasteiger partial charge >= 0.3 is 0 Å². The number of nitrogens with zero attached hydrogens (tertiary/aromatic N) is 4. The van der Waals surface area contributed by atoms with Gasteiger partial charge in [-0.15, -0.1) is 5.10 Å².